The predicted molar refractivity (Wildman–Crippen MR) is 251 cm³/mol. The van der Waals surface area contributed by atoms with E-state index in [1.807, 2.05) is 0 Å². The van der Waals surface area contributed by atoms with Crippen LogP contribution < -0.4 is 0 Å². The lowest BCUT2D eigenvalue weighted by atomic mass is 10.1. The number of allylic oxidation sites excluding steroid dienone is 10. The third-order valence-electron chi connectivity index (χ3n) is 10.5. The molecule has 6 heteroatoms. The first kappa shape index (κ1) is 56.1. The summed E-state index contributed by atoms with van der Waals surface area (Å²) in [4.78, 5) is 37.9. The van der Waals surface area contributed by atoms with Crippen molar-refractivity contribution in [2.75, 3.05) is 13.2 Å². The van der Waals surface area contributed by atoms with Crippen LogP contribution in [-0.2, 0) is 28.6 Å². The van der Waals surface area contributed by atoms with Gasteiger partial charge in [-0.15, -0.1) is 0 Å². The molecule has 0 aromatic heterocycles. The van der Waals surface area contributed by atoms with Gasteiger partial charge < -0.3 is 14.2 Å². The van der Waals surface area contributed by atoms with E-state index in [2.05, 4.69) is 81.5 Å². The van der Waals surface area contributed by atoms with Crippen LogP contribution in [0, 0.1) is 0 Å². The second kappa shape index (κ2) is 47.8. The van der Waals surface area contributed by atoms with E-state index in [-0.39, 0.29) is 31.1 Å². The molecule has 0 unspecified atom stereocenters. The standard InChI is InChI=1S/C53H92O6/c1-4-7-10-13-16-19-22-25-27-29-31-34-37-40-43-46-52(55)58-49-50(48-57-51(54)45-42-39-36-33-30-24-21-18-15-12-9-6-3)59-53(56)47-44-41-38-35-32-28-26-23-20-17-14-11-8-5-2/h7,10,16,18-19,21,23,25-27,50H,4-6,8-9,11-15,17,20,22,24,28-49H2,1-3H3/b10-7-,19-16-,21-18-,26-23-,27-25-/t50-/m1/s1. The molecule has 0 aromatic carbocycles. The van der Waals surface area contributed by atoms with Crippen molar-refractivity contribution >= 4 is 17.9 Å². The Morgan fingerprint density at radius 1 is 0.356 bits per heavy atom. The summed E-state index contributed by atoms with van der Waals surface area (Å²) in [5.41, 5.74) is 0. The van der Waals surface area contributed by atoms with Crippen molar-refractivity contribution in [1.29, 1.82) is 0 Å². The molecule has 340 valence electrons. The van der Waals surface area contributed by atoms with Crippen LogP contribution in [0.1, 0.15) is 239 Å². The summed E-state index contributed by atoms with van der Waals surface area (Å²) in [6.07, 6.45) is 57.7. The van der Waals surface area contributed by atoms with Gasteiger partial charge in [-0.1, -0.05) is 178 Å². The van der Waals surface area contributed by atoms with E-state index in [4.69, 9.17) is 14.2 Å². The van der Waals surface area contributed by atoms with Crippen LogP contribution in [0.25, 0.3) is 0 Å². The molecule has 0 saturated carbocycles. The van der Waals surface area contributed by atoms with E-state index in [1.54, 1.807) is 0 Å². The van der Waals surface area contributed by atoms with Crippen molar-refractivity contribution in [3.8, 4) is 0 Å². The van der Waals surface area contributed by atoms with E-state index in [0.29, 0.717) is 19.3 Å². The van der Waals surface area contributed by atoms with Crippen LogP contribution in [0.5, 0.6) is 0 Å². The summed E-state index contributed by atoms with van der Waals surface area (Å²) in [5, 5.41) is 0. The minimum atomic E-state index is -0.787. The van der Waals surface area contributed by atoms with Gasteiger partial charge in [-0.25, -0.2) is 0 Å². The fraction of sp³-hybridized carbons (Fsp3) is 0.755. The molecule has 0 spiro atoms. The molecule has 59 heavy (non-hydrogen) atoms. The Morgan fingerprint density at radius 3 is 1.08 bits per heavy atom. The van der Waals surface area contributed by atoms with Gasteiger partial charge in [-0.2, -0.15) is 0 Å². The summed E-state index contributed by atoms with van der Waals surface area (Å²) in [5.74, 6) is -0.921. The number of hydrogen-bond acceptors (Lipinski definition) is 6. The highest BCUT2D eigenvalue weighted by molar-refractivity contribution is 5.71. The topological polar surface area (TPSA) is 78.9 Å². The monoisotopic (exact) mass is 825 g/mol. The van der Waals surface area contributed by atoms with E-state index in [1.165, 1.54) is 83.5 Å². The van der Waals surface area contributed by atoms with Crippen LogP contribution in [0.3, 0.4) is 0 Å². The molecular formula is C53H92O6. The third kappa shape index (κ3) is 46.0. The average molecular weight is 825 g/mol. The first-order valence-electron chi connectivity index (χ1n) is 24.8. The molecular weight excluding hydrogens is 733 g/mol. The largest absolute Gasteiger partial charge is 0.462 e. The first-order valence-corrected chi connectivity index (χ1v) is 24.8. The Hall–Kier alpha value is -2.89. The lowest BCUT2D eigenvalue weighted by Gasteiger charge is -2.18. The molecule has 0 radical (unpaired) electrons. The summed E-state index contributed by atoms with van der Waals surface area (Å²) in [6.45, 7) is 6.46. The van der Waals surface area contributed by atoms with Gasteiger partial charge in [-0.05, 0) is 103 Å². The van der Waals surface area contributed by atoms with Crippen molar-refractivity contribution in [3.05, 3.63) is 60.8 Å². The zero-order valence-corrected chi connectivity index (χ0v) is 38.8. The van der Waals surface area contributed by atoms with Gasteiger partial charge in [0.05, 0.1) is 0 Å². The lowest BCUT2D eigenvalue weighted by molar-refractivity contribution is -0.167. The van der Waals surface area contributed by atoms with Crippen LogP contribution in [0.15, 0.2) is 60.8 Å². The number of carbonyl (C=O) groups is 3. The predicted octanol–water partition coefficient (Wildman–Crippen LogP) is 16.1. The van der Waals surface area contributed by atoms with Gasteiger partial charge in [0, 0.05) is 19.3 Å². The van der Waals surface area contributed by atoms with Crippen molar-refractivity contribution < 1.29 is 28.6 Å². The Kier molecular flexibility index (Phi) is 45.4. The maximum atomic E-state index is 12.8. The zero-order valence-electron chi connectivity index (χ0n) is 38.8. The molecule has 0 saturated heterocycles. The highest BCUT2D eigenvalue weighted by Gasteiger charge is 2.19. The zero-order chi connectivity index (χ0) is 43.0. The van der Waals surface area contributed by atoms with E-state index < -0.39 is 6.10 Å². The fourth-order valence-corrected chi connectivity index (χ4v) is 6.74. The maximum Gasteiger partial charge on any atom is 0.306 e. The van der Waals surface area contributed by atoms with E-state index in [9.17, 15) is 14.4 Å². The number of esters is 3. The Morgan fingerprint density at radius 2 is 0.661 bits per heavy atom. The molecule has 0 bridgehead atoms. The summed E-state index contributed by atoms with van der Waals surface area (Å²) < 4.78 is 16.7. The number of unbranched alkanes of at least 4 members (excludes halogenated alkanes) is 23. The van der Waals surface area contributed by atoms with Crippen molar-refractivity contribution in [2.45, 2.75) is 245 Å². The third-order valence-corrected chi connectivity index (χ3v) is 10.5. The Bertz CT molecular complexity index is 1090. The van der Waals surface area contributed by atoms with Crippen LogP contribution in [0.4, 0.5) is 0 Å². The smallest absolute Gasteiger partial charge is 0.306 e. The number of ether oxygens (including phenoxy) is 3. The van der Waals surface area contributed by atoms with Gasteiger partial charge in [0.2, 0.25) is 0 Å². The van der Waals surface area contributed by atoms with Gasteiger partial charge in [0.1, 0.15) is 13.2 Å². The highest BCUT2D eigenvalue weighted by atomic mass is 16.6. The molecule has 0 aromatic rings. The second-order valence-corrected chi connectivity index (χ2v) is 16.3. The molecule has 0 rings (SSSR count). The Labute approximate surface area is 364 Å². The molecule has 0 aliphatic carbocycles. The number of rotatable bonds is 44. The number of hydrogen-bond donors (Lipinski definition) is 0. The van der Waals surface area contributed by atoms with Crippen molar-refractivity contribution in [2.24, 2.45) is 0 Å². The minimum absolute atomic E-state index is 0.0876. The van der Waals surface area contributed by atoms with Gasteiger partial charge in [0.25, 0.3) is 0 Å². The first-order chi connectivity index (χ1) is 29.0. The quantitative estimate of drug-likeness (QED) is 0.0263. The van der Waals surface area contributed by atoms with Gasteiger partial charge in [0.15, 0.2) is 6.10 Å². The second-order valence-electron chi connectivity index (χ2n) is 16.3. The molecule has 1 atom stereocenters. The fourth-order valence-electron chi connectivity index (χ4n) is 6.74. The van der Waals surface area contributed by atoms with Crippen LogP contribution in [-0.4, -0.2) is 37.2 Å². The maximum absolute atomic E-state index is 12.8. The normalized spacial score (nSPS) is 12.5. The average Bonchev–Trinajstić information content (AvgIpc) is 3.23. The SMILES string of the molecule is CC/C=C\C/C=C\C/C=C\CCCCCCCC(=O)OC[C@@H](COC(=O)CCCCCCC/C=C\CCCCC)OC(=O)CCCCCCC/C=C\CCCCCCC. The lowest BCUT2D eigenvalue weighted by Crippen LogP contribution is -2.30. The molecule has 0 fully saturated rings. The molecule has 0 heterocycles. The van der Waals surface area contributed by atoms with Crippen molar-refractivity contribution in [3.63, 3.8) is 0 Å². The van der Waals surface area contributed by atoms with Crippen LogP contribution in [0.2, 0.25) is 0 Å². The van der Waals surface area contributed by atoms with Crippen LogP contribution >= 0.6 is 0 Å². The molecule has 0 aliphatic heterocycles. The number of carbonyl (C=O) groups excluding carboxylic acids is 3. The highest BCUT2D eigenvalue weighted by Crippen LogP contribution is 2.13. The van der Waals surface area contributed by atoms with Gasteiger partial charge >= 0.3 is 17.9 Å². The molecule has 0 amide bonds. The summed E-state index contributed by atoms with van der Waals surface area (Å²) in [7, 11) is 0. The Balaban J connectivity index is 4.43. The molecule has 6 nitrogen and oxygen atoms in total. The summed E-state index contributed by atoms with van der Waals surface area (Å²) >= 11 is 0. The molecule has 0 aliphatic rings. The van der Waals surface area contributed by atoms with Gasteiger partial charge in [-0.3, -0.25) is 14.4 Å². The van der Waals surface area contributed by atoms with Crippen molar-refractivity contribution in [1.82, 2.24) is 0 Å². The van der Waals surface area contributed by atoms with E-state index in [0.717, 1.165) is 116 Å². The summed E-state index contributed by atoms with van der Waals surface area (Å²) in [6, 6.07) is 0. The molecule has 0 N–H and O–H groups in total. The van der Waals surface area contributed by atoms with E-state index >= 15 is 0 Å². The minimum Gasteiger partial charge on any atom is -0.462 e.